The van der Waals surface area contributed by atoms with Gasteiger partial charge in [-0.1, -0.05) is 13.8 Å². The minimum Gasteiger partial charge on any atom is -0.497 e. The number of ether oxygens (including phenoxy) is 1. The van der Waals surface area contributed by atoms with Gasteiger partial charge in [-0.15, -0.1) is 0 Å². The van der Waals surface area contributed by atoms with E-state index in [9.17, 15) is 4.79 Å². The fraction of sp³-hybridized carbons (Fsp3) is 0.500. The predicted octanol–water partition coefficient (Wildman–Crippen LogP) is 1.24. The molecule has 0 spiro atoms. The Labute approximate surface area is 114 Å². The van der Waals surface area contributed by atoms with E-state index in [2.05, 4.69) is 10.6 Å². The molecule has 1 amide bonds. The number of aliphatic hydroxyl groups is 1. The first-order valence-electron chi connectivity index (χ1n) is 6.35. The molecule has 0 radical (unpaired) electrons. The Balaban J connectivity index is 2.42. The second-order valence-electron chi connectivity index (χ2n) is 4.69. The number of nitrogens with one attached hydrogen (secondary N) is 2. The van der Waals surface area contributed by atoms with Gasteiger partial charge in [-0.2, -0.15) is 0 Å². The third-order valence-corrected chi connectivity index (χ3v) is 2.90. The van der Waals surface area contributed by atoms with Crippen LogP contribution in [0.2, 0.25) is 0 Å². The largest absolute Gasteiger partial charge is 0.497 e. The summed E-state index contributed by atoms with van der Waals surface area (Å²) in [5, 5.41) is 14.9. The van der Waals surface area contributed by atoms with E-state index in [0.717, 1.165) is 11.4 Å². The summed E-state index contributed by atoms with van der Waals surface area (Å²) in [4.78, 5) is 11.7. The number of carbonyl (C=O) groups is 1. The topological polar surface area (TPSA) is 70.6 Å². The molecule has 0 saturated heterocycles. The number of rotatable bonds is 7. The molecule has 0 aromatic heterocycles. The van der Waals surface area contributed by atoms with Crippen molar-refractivity contribution in [1.82, 2.24) is 5.32 Å². The zero-order valence-corrected chi connectivity index (χ0v) is 11.6. The average molecular weight is 266 g/mol. The van der Waals surface area contributed by atoms with Crippen LogP contribution in [0.4, 0.5) is 5.69 Å². The summed E-state index contributed by atoms with van der Waals surface area (Å²) >= 11 is 0. The lowest BCUT2D eigenvalue weighted by Gasteiger charge is -2.19. The summed E-state index contributed by atoms with van der Waals surface area (Å²) in [5.41, 5.74) is 0.720. The minimum absolute atomic E-state index is 0.0213. The second-order valence-corrected chi connectivity index (χ2v) is 4.69. The minimum atomic E-state index is -0.135. The predicted molar refractivity (Wildman–Crippen MR) is 75.3 cm³/mol. The molecular formula is C14H22N2O3. The van der Waals surface area contributed by atoms with Gasteiger partial charge in [-0.25, -0.2) is 0 Å². The van der Waals surface area contributed by atoms with Crippen molar-refractivity contribution in [2.75, 3.05) is 25.6 Å². The van der Waals surface area contributed by atoms with Gasteiger partial charge in [0.2, 0.25) is 5.91 Å². The number of carbonyl (C=O) groups excluding carboxylic acids is 1. The van der Waals surface area contributed by atoms with Crippen LogP contribution in [0.15, 0.2) is 24.3 Å². The highest BCUT2D eigenvalue weighted by Gasteiger charge is 2.12. The molecule has 0 unspecified atom stereocenters. The van der Waals surface area contributed by atoms with Gasteiger partial charge in [0.25, 0.3) is 0 Å². The van der Waals surface area contributed by atoms with Crippen molar-refractivity contribution in [3.8, 4) is 5.75 Å². The van der Waals surface area contributed by atoms with Crippen molar-refractivity contribution in [2.24, 2.45) is 5.92 Å². The summed E-state index contributed by atoms with van der Waals surface area (Å²) in [6.07, 6.45) is 0. The molecule has 0 aliphatic carbocycles. The maximum absolute atomic E-state index is 11.7. The number of methoxy groups -OCH3 is 1. The Kier molecular flexibility index (Phi) is 6.32. The van der Waals surface area contributed by atoms with Crippen molar-refractivity contribution in [1.29, 1.82) is 0 Å². The van der Waals surface area contributed by atoms with E-state index in [0.29, 0.717) is 0 Å². The lowest BCUT2D eigenvalue weighted by molar-refractivity contribution is -0.115. The van der Waals surface area contributed by atoms with Crippen LogP contribution < -0.4 is 15.4 Å². The van der Waals surface area contributed by atoms with E-state index in [1.807, 2.05) is 13.8 Å². The van der Waals surface area contributed by atoms with E-state index in [1.165, 1.54) is 0 Å². The summed E-state index contributed by atoms with van der Waals surface area (Å²) in [6.45, 7) is 4.19. The molecule has 1 aromatic rings. The summed E-state index contributed by atoms with van der Waals surface area (Å²) < 4.78 is 5.04. The number of hydrogen-bond donors (Lipinski definition) is 3. The number of anilines is 1. The van der Waals surface area contributed by atoms with Gasteiger partial charge in [0.1, 0.15) is 5.75 Å². The maximum atomic E-state index is 11.7. The van der Waals surface area contributed by atoms with E-state index in [1.54, 1.807) is 31.4 Å². The molecule has 0 bridgehead atoms. The van der Waals surface area contributed by atoms with Gasteiger partial charge < -0.3 is 20.5 Å². The van der Waals surface area contributed by atoms with E-state index in [-0.39, 0.29) is 31.0 Å². The Bertz CT molecular complexity index is 390. The van der Waals surface area contributed by atoms with Crippen LogP contribution in [0.3, 0.4) is 0 Å². The van der Waals surface area contributed by atoms with Gasteiger partial charge in [0, 0.05) is 11.7 Å². The number of aliphatic hydroxyl groups excluding tert-OH is 1. The van der Waals surface area contributed by atoms with E-state index in [4.69, 9.17) is 9.84 Å². The molecule has 0 fully saturated rings. The molecule has 19 heavy (non-hydrogen) atoms. The number of benzene rings is 1. The molecule has 0 heterocycles. The Morgan fingerprint density at radius 3 is 2.42 bits per heavy atom. The van der Waals surface area contributed by atoms with Crippen LogP contribution in [0.1, 0.15) is 13.8 Å². The smallest absolute Gasteiger partial charge is 0.238 e. The molecule has 1 atom stereocenters. The number of hydrogen-bond acceptors (Lipinski definition) is 4. The molecule has 0 aliphatic heterocycles. The Hall–Kier alpha value is -1.59. The number of amides is 1. The van der Waals surface area contributed by atoms with Crippen LogP contribution in [-0.4, -0.2) is 37.3 Å². The molecule has 3 N–H and O–H groups in total. The van der Waals surface area contributed by atoms with Crippen molar-refractivity contribution in [2.45, 2.75) is 19.9 Å². The van der Waals surface area contributed by atoms with Crippen LogP contribution in [0, 0.1) is 5.92 Å². The molecule has 0 aliphatic rings. The van der Waals surface area contributed by atoms with Crippen molar-refractivity contribution >= 4 is 11.6 Å². The van der Waals surface area contributed by atoms with E-state index >= 15 is 0 Å². The summed E-state index contributed by atoms with van der Waals surface area (Å²) in [6, 6.07) is 7.06. The van der Waals surface area contributed by atoms with Crippen molar-refractivity contribution in [3.05, 3.63) is 24.3 Å². The zero-order valence-electron chi connectivity index (χ0n) is 11.6. The fourth-order valence-corrected chi connectivity index (χ4v) is 1.61. The van der Waals surface area contributed by atoms with Crippen LogP contribution >= 0.6 is 0 Å². The van der Waals surface area contributed by atoms with Crippen LogP contribution in [0.25, 0.3) is 0 Å². The monoisotopic (exact) mass is 266 g/mol. The van der Waals surface area contributed by atoms with Gasteiger partial charge in [-0.3, -0.25) is 4.79 Å². The Morgan fingerprint density at radius 1 is 1.32 bits per heavy atom. The first-order valence-corrected chi connectivity index (χ1v) is 6.35. The molecule has 5 heteroatoms. The highest BCUT2D eigenvalue weighted by molar-refractivity contribution is 5.92. The molecular weight excluding hydrogens is 244 g/mol. The van der Waals surface area contributed by atoms with Crippen LogP contribution in [0.5, 0.6) is 5.75 Å². The molecule has 1 rings (SSSR count). The second kappa shape index (κ2) is 7.76. The van der Waals surface area contributed by atoms with Crippen LogP contribution in [-0.2, 0) is 4.79 Å². The van der Waals surface area contributed by atoms with Gasteiger partial charge in [0.15, 0.2) is 0 Å². The molecule has 1 aromatic carbocycles. The molecule has 0 saturated carbocycles. The summed E-state index contributed by atoms with van der Waals surface area (Å²) in [5.74, 6) is 0.888. The van der Waals surface area contributed by atoms with Crippen molar-refractivity contribution < 1.29 is 14.6 Å². The first kappa shape index (κ1) is 15.5. The lowest BCUT2D eigenvalue weighted by Crippen LogP contribution is -2.41. The first-order chi connectivity index (χ1) is 9.06. The van der Waals surface area contributed by atoms with E-state index < -0.39 is 0 Å². The molecule has 106 valence electrons. The standard InChI is InChI=1S/C14H22N2O3/c1-10(2)13(9-17)15-8-14(18)16-11-4-6-12(19-3)7-5-11/h4-7,10,13,15,17H,8-9H2,1-3H3,(H,16,18)/t13-/m1/s1. The highest BCUT2D eigenvalue weighted by Crippen LogP contribution is 2.14. The lowest BCUT2D eigenvalue weighted by atomic mass is 10.1. The average Bonchev–Trinajstić information content (AvgIpc) is 2.40. The molecule has 5 nitrogen and oxygen atoms in total. The fourth-order valence-electron chi connectivity index (χ4n) is 1.61. The highest BCUT2D eigenvalue weighted by atomic mass is 16.5. The van der Waals surface area contributed by atoms with Crippen molar-refractivity contribution in [3.63, 3.8) is 0 Å². The van der Waals surface area contributed by atoms with Gasteiger partial charge in [-0.05, 0) is 30.2 Å². The summed E-state index contributed by atoms with van der Waals surface area (Å²) in [7, 11) is 1.60. The third-order valence-electron chi connectivity index (χ3n) is 2.90. The normalized spacial score (nSPS) is 12.3. The zero-order chi connectivity index (χ0) is 14.3. The third kappa shape index (κ3) is 5.28. The van der Waals surface area contributed by atoms with Gasteiger partial charge in [0.05, 0.1) is 20.3 Å². The Morgan fingerprint density at radius 2 is 1.95 bits per heavy atom. The SMILES string of the molecule is COc1ccc(NC(=O)CN[C@H](CO)C(C)C)cc1. The maximum Gasteiger partial charge on any atom is 0.238 e. The quantitative estimate of drug-likeness (QED) is 0.694. The van der Waals surface area contributed by atoms with Gasteiger partial charge >= 0.3 is 0 Å².